The number of hydrogen-bond donors (Lipinski definition) is 2. The van der Waals surface area contributed by atoms with E-state index in [0.717, 1.165) is 32.1 Å². The zero-order valence-corrected chi connectivity index (χ0v) is 17.3. The third-order valence-electron chi connectivity index (χ3n) is 3.74. The molecule has 0 saturated carbocycles. The third-order valence-corrected chi connectivity index (χ3v) is 3.74. The summed E-state index contributed by atoms with van der Waals surface area (Å²) in [5.74, 6) is 0.805. The summed E-state index contributed by atoms with van der Waals surface area (Å²) >= 11 is 0. The van der Waals surface area contributed by atoms with E-state index < -0.39 is 0 Å². The lowest BCUT2D eigenvalue weighted by Crippen LogP contribution is -2.37. The van der Waals surface area contributed by atoms with Gasteiger partial charge in [0.1, 0.15) is 0 Å². The normalized spacial score (nSPS) is 11.2. The van der Waals surface area contributed by atoms with Gasteiger partial charge >= 0.3 is 0 Å². The molecular weight excluding hydrogens is 429 g/mol. The molecule has 25 heavy (non-hydrogen) atoms. The second kappa shape index (κ2) is 12.9. The molecule has 0 spiro atoms. The van der Waals surface area contributed by atoms with Crippen molar-refractivity contribution in [3.05, 3.63) is 48.0 Å². The van der Waals surface area contributed by atoms with E-state index in [4.69, 9.17) is 9.47 Å². The fourth-order valence-corrected chi connectivity index (χ4v) is 2.47. The van der Waals surface area contributed by atoms with Gasteiger partial charge in [-0.1, -0.05) is 42.5 Å². The second-order valence-corrected chi connectivity index (χ2v) is 5.45. The van der Waals surface area contributed by atoms with Crippen LogP contribution in [0.5, 0.6) is 0 Å². The van der Waals surface area contributed by atoms with Crippen LogP contribution in [0, 0.1) is 0 Å². The Hall–Kier alpha value is -1.38. The number of fused-ring (bicyclic) bond motifs is 1. The summed E-state index contributed by atoms with van der Waals surface area (Å²) in [5, 5.41) is 9.20. The van der Waals surface area contributed by atoms with Crippen molar-refractivity contribution in [2.45, 2.75) is 13.0 Å². The average molecular weight is 457 g/mol. The smallest absolute Gasteiger partial charge is 0.191 e. The Bertz CT molecular complexity index is 644. The van der Waals surface area contributed by atoms with Gasteiger partial charge < -0.3 is 20.1 Å². The number of nitrogens with one attached hydrogen (secondary N) is 2. The first-order chi connectivity index (χ1) is 11.8. The molecule has 0 amide bonds. The number of benzene rings is 2. The van der Waals surface area contributed by atoms with Gasteiger partial charge in [-0.15, -0.1) is 24.0 Å². The van der Waals surface area contributed by atoms with Gasteiger partial charge in [0, 0.05) is 33.9 Å². The molecule has 0 aliphatic rings. The van der Waals surface area contributed by atoms with Crippen molar-refractivity contribution in [2.24, 2.45) is 4.99 Å². The van der Waals surface area contributed by atoms with Crippen LogP contribution in [0.2, 0.25) is 0 Å². The van der Waals surface area contributed by atoms with Crippen LogP contribution in [0.1, 0.15) is 12.0 Å². The predicted molar refractivity (Wildman–Crippen MR) is 115 cm³/mol. The minimum absolute atomic E-state index is 0. The highest BCUT2D eigenvalue weighted by molar-refractivity contribution is 14.0. The highest BCUT2D eigenvalue weighted by Crippen LogP contribution is 2.18. The minimum Gasteiger partial charge on any atom is -0.382 e. The van der Waals surface area contributed by atoms with Crippen LogP contribution in [0.15, 0.2) is 47.5 Å². The van der Waals surface area contributed by atoms with Gasteiger partial charge in [-0.25, -0.2) is 0 Å². The van der Waals surface area contributed by atoms with E-state index in [-0.39, 0.29) is 24.0 Å². The van der Waals surface area contributed by atoms with Crippen molar-refractivity contribution < 1.29 is 9.47 Å². The Morgan fingerprint density at radius 3 is 2.60 bits per heavy atom. The molecule has 0 aliphatic heterocycles. The van der Waals surface area contributed by atoms with Crippen LogP contribution in [0.3, 0.4) is 0 Å². The largest absolute Gasteiger partial charge is 0.382 e. The Morgan fingerprint density at radius 2 is 1.80 bits per heavy atom. The Balaban J connectivity index is 0.00000312. The molecule has 138 valence electrons. The van der Waals surface area contributed by atoms with Gasteiger partial charge in [0.15, 0.2) is 5.96 Å². The molecule has 6 heteroatoms. The lowest BCUT2D eigenvalue weighted by Gasteiger charge is -2.13. The number of guanidine groups is 1. The number of methoxy groups -OCH3 is 1. The van der Waals surface area contributed by atoms with E-state index >= 15 is 0 Å². The van der Waals surface area contributed by atoms with Crippen LogP contribution in [0.25, 0.3) is 10.8 Å². The molecule has 5 nitrogen and oxygen atoms in total. The summed E-state index contributed by atoms with van der Waals surface area (Å²) < 4.78 is 10.4. The topological polar surface area (TPSA) is 54.9 Å². The van der Waals surface area contributed by atoms with E-state index in [9.17, 15) is 0 Å². The molecule has 0 fully saturated rings. The molecule has 0 bridgehead atoms. The van der Waals surface area contributed by atoms with E-state index in [0.29, 0.717) is 13.2 Å². The number of hydrogen-bond acceptors (Lipinski definition) is 3. The maximum Gasteiger partial charge on any atom is 0.191 e. The molecule has 0 atom stereocenters. The Morgan fingerprint density at radius 1 is 1.00 bits per heavy atom. The SMILES string of the molecule is CN=C(NCCCOCCOC)NCc1cccc2ccccc12.I. The van der Waals surface area contributed by atoms with Crippen molar-refractivity contribution in [1.29, 1.82) is 0 Å². The van der Waals surface area contributed by atoms with Gasteiger partial charge in [0.2, 0.25) is 0 Å². The van der Waals surface area contributed by atoms with Crippen molar-refractivity contribution in [3.8, 4) is 0 Å². The maximum atomic E-state index is 5.44. The summed E-state index contributed by atoms with van der Waals surface area (Å²) in [6, 6.07) is 14.8. The van der Waals surface area contributed by atoms with Crippen molar-refractivity contribution in [1.82, 2.24) is 10.6 Å². The molecule has 0 aliphatic carbocycles. The number of halogens is 1. The van der Waals surface area contributed by atoms with Crippen molar-refractivity contribution >= 4 is 40.7 Å². The molecule has 0 radical (unpaired) electrons. The fraction of sp³-hybridized carbons (Fsp3) is 0.421. The van der Waals surface area contributed by atoms with Gasteiger partial charge in [-0.2, -0.15) is 0 Å². The van der Waals surface area contributed by atoms with Crippen molar-refractivity contribution in [2.75, 3.05) is 40.5 Å². The molecule has 0 aromatic heterocycles. The van der Waals surface area contributed by atoms with E-state index in [2.05, 4.69) is 58.1 Å². The highest BCUT2D eigenvalue weighted by Gasteiger charge is 2.02. The van der Waals surface area contributed by atoms with Gasteiger partial charge in [0.05, 0.1) is 13.2 Å². The van der Waals surface area contributed by atoms with Crippen LogP contribution < -0.4 is 10.6 Å². The summed E-state index contributed by atoms with van der Waals surface area (Å²) in [7, 11) is 3.46. The first-order valence-corrected chi connectivity index (χ1v) is 8.33. The van der Waals surface area contributed by atoms with E-state index in [1.54, 1.807) is 14.2 Å². The molecule has 0 unspecified atom stereocenters. The zero-order chi connectivity index (χ0) is 17.0. The number of aliphatic imine (C=N–C) groups is 1. The molecule has 0 saturated heterocycles. The number of ether oxygens (including phenoxy) is 2. The van der Waals surface area contributed by atoms with Crippen molar-refractivity contribution in [3.63, 3.8) is 0 Å². The van der Waals surface area contributed by atoms with Crippen LogP contribution in [-0.2, 0) is 16.0 Å². The summed E-state index contributed by atoms with van der Waals surface area (Å²) in [6.45, 7) is 3.57. The summed E-state index contributed by atoms with van der Waals surface area (Å²) in [6.07, 6.45) is 0.929. The lowest BCUT2D eigenvalue weighted by atomic mass is 10.0. The van der Waals surface area contributed by atoms with E-state index in [1.165, 1.54) is 16.3 Å². The molecule has 2 aromatic rings. The average Bonchev–Trinajstić information content (AvgIpc) is 2.63. The van der Waals surface area contributed by atoms with Gasteiger partial charge in [-0.05, 0) is 22.8 Å². The monoisotopic (exact) mass is 457 g/mol. The quantitative estimate of drug-likeness (QED) is 0.263. The van der Waals surface area contributed by atoms with Gasteiger partial charge in [-0.3, -0.25) is 4.99 Å². The highest BCUT2D eigenvalue weighted by atomic mass is 127. The molecular formula is C19H28IN3O2. The standard InChI is InChI=1S/C19H27N3O2.HI/c1-20-19(21-11-6-12-24-14-13-23-2)22-15-17-9-5-8-16-7-3-4-10-18(16)17;/h3-5,7-10H,6,11-15H2,1-2H3,(H2,20,21,22);1H. The first-order valence-electron chi connectivity index (χ1n) is 8.33. The third kappa shape index (κ3) is 7.58. The van der Waals surface area contributed by atoms with Crippen LogP contribution in [0.4, 0.5) is 0 Å². The second-order valence-electron chi connectivity index (χ2n) is 5.45. The molecule has 2 aromatic carbocycles. The maximum absolute atomic E-state index is 5.44. The number of rotatable bonds is 9. The molecule has 2 rings (SSSR count). The van der Waals surface area contributed by atoms with Crippen LogP contribution >= 0.6 is 24.0 Å². The summed E-state index contributed by atoms with van der Waals surface area (Å²) in [4.78, 5) is 4.26. The summed E-state index contributed by atoms with van der Waals surface area (Å²) in [5.41, 5.74) is 1.26. The molecule has 0 heterocycles. The van der Waals surface area contributed by atoms with Crippen LogP contribution in [-0.4, -0.2) is 46.5 Å². The fourth-order valence-electron chi connectivity index (χ4n) is 2.47. The lowest BCUT2D eigenvalue weighted by molar-refractivity contribution is 0.0698. The Kier molecular flexibility index (Phi) is 11.2. The van der Waals surface area contributed by atoms with Gasteiger partial charge in [0.25, 0.3) is 0 Å². The Labute approximate surface area is 167 Å². The molecule has 2 N–H and O–H groups in total. The number of nitrogens with zero attached hydrogens (tertiary/aromatic N) is 1. The van der Waals surface area contributed by atoms with E-state index in [1.807, 2.05) is 0 Å². The predicted octanol–water partition coefficient (Wildman–Crippen LogP) is 3.18. The zero-order valence-electron chi connectivity index (χ0n) is 15.0. The first kappa shape index (κ1) is 21.7. The minimum atomic E-state index is 0.